The van der Waals surface area contributed by atoms with Crippen LogP contribution in [0.2, 0.25) is 0 Å². The third-order valence-electron chi connectivity index (χ3n) is 12.4. The van der Waals surface area contributed by atoms with Crippen LogP contribution in [-0.4, -0.2) is 47.7 Å². The Labute approximate surface area is 229 Å². The molecular formula is C32H49N3O3. The van der Waals surface area contributed by atoms with Crippen molar-refractivity contribution in [2.45, 2.75) is 117 Å². The predicted octanol–water partition coefficient (Wildman–Crippen LogP) is 6.50. The van der Waals surface area contributed by atoms with Gasteiger partial charge in [0.1, 0.15) is 0 Å². The van der Waals surface area contributed by atoms with E-state index in [4.69, 9.17) is 4.84 Å². The number of carbonyl (C=O) groups excluding carboxylic acids is 2. The molecule has 210 valence electrons. The number of fused-ring (bicyclic) bond motifs is 5. The summed E-state index contributed by atoms with van der Waals surface area (Å²) in [6.07, 6.45) is 13.9. The summed E-state index contributed by atoms with van der Waals surface area (Å²) >= 11 is 0. The van der Waals surface area contributed by atoms with Gasteiger partial charge in [-0.25, -0.2) is 4.79 Å². The van der Waals surface area contributed by atoms with Crippen molar-refractivity contribution in [3.63, 3.8) is 0 Å². The fraction of sp³-hybridized carbons (Fsp3) is 0.844. The van der Waals surface area contributed by atoms with E-state index in [2.05, 4.69) is 45.1 Å². The van der Waals surface area contributed by atoms with E-state index in [-0.39, 0.29) is 22.3 Å². The maximum absolute atomic E-state index is 13.2. The first-order chi connectivity index (χ1) is 18.0. The molecule has 0 aromatic rings. The van der Waals surface area contributed by atoms with Gasteiger partial charge >= 0.3 is 6.09 Å². The van der Waals surface area contributed by atoms with E-state index in [0.29, 0.717) is 42.2 Å². The number of carbonyl (C=O) groups is 2. The first kappa shape index (κ1) is 26.5. The summed E-state index contributed by atoms with van der Waals surface area (Å²) in [6.45, 7) is 13.3. The zero-order chi connectivity index (χ0) is 26.9. The van der Waals surface area contributed by atoms with E-state index >= 15 is 0 Å². The smallest absolute Gasteiger partial charge is 0.312 e. The van der Waals surface area contributed by atoms with Crippen LogP contribution in [0.3, 0.4) is 0 Å². The van der Waals surface area contributed by atoms with Crippen molar-refractivity contribution >= 4 is 17.6 Å². The number of nitrogens with one attached hydrogen (secondary N) is 1. The molecule has 6 nitrogen and oxygen atoms in total. The fourth-order valence-electron chi connectivity index (χ4n) is 9.76. The van der Waals surface area contributed by atoms with Gasteiger partial charge in [0.2, 0.25) is 0 Å². The van der Waals surface area contributed by atoms with Gasteiger partial charge < -0.3 is 10.2 Å². The highest BCUT2D eigenvalue weighted by atomic mass is 16.7. The van der Waals surface area contributed by atoms with Crippen molar-refractivity contribution in [3.05, 3.63) is 11.6 Å². The minimum absolute atomic E-state index is 0.193. The van der Waals surface area contributed by atoms with E-state index in [9.17, 15) is 9.59 Å². The van der Waals surface area contributed by atoms with Crippen molar-refractivity contribution in [2.24, 2.45) is 45.1 Å². The average molecular weight is 524 g/mol. The minimum Gasteiger partial charge on any atom is -0.312 e. The molecule has 1 saturated heterocycles. The van der Waals surface area contributed by atoms with E-state index in [1.165, 1.54) is 31.3 Å². The molecule has 4 saturated carbocycles. The highest BCUT2D eigenvalue weighted by Crippen LogP contribution is 2.66. The van der Waals surface area contributed by atoms with Crippen LogP contribution in [0.15, 0.2) is 16.8 Å². The van der Waals surface area contributed by atoms with Gasteiger partial charge in [-0.1, -0.05) is 38.4 Å². The van der Waals surface area contributed by atoms with Crippen molar-refractivity contribution in [1.29, 1.82) is 0 Å². The lowest BCUT2D eigenvalue weighted by molar-refractivity contribution is -0.117. The lowest BCUT2D eigenvalue weighted by atomic mass is 9.46. The molecule has 0 aromatic carbocycles. The molecule has 0 aromatic heterocycles. The lowest BCUT2D eigenvalue weighted by Crippen LogP contribution is -2.51. The molecule has 6 rings (SSSR count). The van der Waals surface area contributed by atoms with Crippen LogP contribution < -0.4 is 5.32 Å². The van der Waals surface area contributed by atoms with E-state index in [1.807, 2.05) is 11.0 Å². The van der Waals surface area contributed by atoms with E-state index in [0.717, 1.165) is 63.1 Å². The molecule has 1 amide bonds. The second-order valence-corrected chi connectivity index (χ2v) is 14.9. The number of oxime groups is 1. The summed E-state index contributed by atoms with van der Waals surface area (Å²) in [5.74, 6) is 2.84. The molecule has 0 bridgehead atoms. The van der Waals surface area contributed by atoms with Crippen LogP contribution in [-0.2, 0) is 9.63 Å². The highest BCUT2D eigenvalue weighted by Gasteiger charge is 2.59. The monoisotopic (exact) mass is 523 g/mol. The van der Waals surface area contributed by atoms with Gasteiger partial charge in [0.15, 0.2) is 5.78 Å². The van der Waals surface area contributed by atoms with Gasteiger partial charge in [0.05, 0.1) is 5.71 Å². The molecule has 38 heavy (non-hydrogen) atoms. The number of allylic oxidation sites excluding steroid dienone is 1. The number of nitrogens with zero attached hydrogens (tertiary/aromatic N) is 2. The largest absolute Gasteiger partial charge is 0.436 e. The molecule has 1 N–H and O–H groups in total. The molecule has 1 aliphatic heterocycles. The van der Waals surface area contributed by atoms with Gasteiger partial charge in [-0.05, 0) is 118 Å². The maximum Gasteiger partial charge on any atom is 0.436 e. The summed E-state index contributed by atoms with van der Waals surface area (Å²) < 4.78 is 0. The maximum atomic E-state index is 13.2. The molecule has 1 heterocycles. The topological polar surface area (TPSA) is 71.0 Å². The Morgan fingerprint density at radius 3 is 2.53 bits per heavy atom. The van der Waals surface area contributed by atoms with Crippen molar-refractivity contribution in [2.75, 3.05) is 13.1 Å². The molecule has 0 spiro atoms. The third-order valence-corrected chi connectivity index (χ3v) is 12.4. The van der Waals surface area contributed by atoms with Gasteiger partial charge in [-0.3, -0.25) is 9.63 Å². The van der Waals surface area contributed by atoms with Gasteiger partial charge in [-0.2, -0.15) is 0 Å². The first-order valence-electron chi connectivity index (χ1n) is 15.5. The molecular weight excluding hydrogens is 474 g/mol. The summed E-state index contributed by atoms with van der Waals surface area (Å²) in [4.78, 5) is 33.0. The first-order valence-corrected chi connectivity index (χ1v) is 15.5. The quantitative estimate of drug-likeness (QED) is 0.254. The van der Waals surface area contributed by atoms with Gasteiger partial charge in [0.25, 0.3) is 0 Å². The summed E-state index contributed by atoms with van der Waals surface area (Å²) in [6, 6.07) is 0.613. The fourth-order valence-corrected chi connectivity index (χ4v) is 9.76. The van der Waals surface area contributed by atoms with Crippen LogP contribution in [0.5, 0.6) is 0 Å². The predicted molar refractivity (Wildman–Crippen MR) is 150 cm³/mol. The van der Waals surface area contributed by atoms with Crippen LogP contribution in [0.1, 0.15) is 105 Å². The second-order valence-electron chi connectivity index (χ2n) is 14.9. The SMILES string of the molecule is C/C(=N\OC(=O)N(CC1NCCC1(C)C)C1CC1)[C@H]1CC[C@H]2[C@@H]3CCC4=CC(=O)CC[C@]4(C)[C@H]3CC[C@]12C. The molecule has 5 aliphatic carbocycles. The third kappa shape index (κ3) is 4.37. The zero-order valence-electron chi connectivity index (χ0n) is 24.4. The van der Waals surface area contributed by atoms with Crippen LogP contribution in [0, 0.1) is 39.9 Å². The van der Waals surface area contributed by atoms with Gasteiger partial charge in [0, 0.05) is 31.0 Å². The molecule has 5 fully saturated rings. The van der Waals surface area contributed by atoms with Crippen molar-refractivity contribution in [3.8, 4) is 0 Å². The number of amides is 1. The van der Waals surface area contributed by atoms with E-state index in [1.54, 1.807) is 0 Å². The normalized spacial score (nSPS) is 42.1. The van der Waals surface area contributed by atoms with Gasteiger partial charge in [-0.15, -0.1) is 0 Å². The number of hydrogen-bond acceptors (Lipinski definition) is 5. The summed E-state index contributed by atoms with van der Waals surface area (Å²) in [5, 5.41) is 8.13. The Morgan fingerprint density at radius 2 is 1.82 bits per heavy atom. The van der Waals surface area contributed by atoms with Crippen molar-refractivity contribution < 1.29 is 14.4 Å². The second kappa shape index (κ2) is 9.45. The van der Waals surface area contributed by atoms with Crippen LogP contribution in [0.25, 0.3) is 0 Å². The number of rotatable bonds is 5. The molecule has 7 atom stereocenters. The lowest BCUT2D eigenvalue weighted by Gasteiger charge is -2.58. The summed E-state index contributed by atoms with van der Waals surface area (Å²) in [5.41, 5.74) is 3.07. The van der Waals surface area contributed by atoms with Crippen LogP contribution >= 0.6 is 0 Å². The number of ketones is 1. The Hall–Kier alpha value is -1.69. The Balaban J connectivity index is 1.13. The minimum atomic E-state index is -0.272. The Kier molecular flexibility index (Phi) is 6.60. The Morgan fingerprint density at radius 1 is 1.03 bits per heavy atom. The molecule has 1 unspecified atom stereocenters. The molecule has 0 radical (unpaired) electrons. The molecule has 6 aliphatic rings. The standard InChI is InChI=1S/C32H49N3O3/c1-20(34-38-29(37)35(22-7-8-22)19-28-30(2,3)16-17-33-28)25-10-11-26-24-9-6-21-18-23(36)12-14-31(21,4)27(24)13-15-32(25,26)5/h18,22,24-28,33H,6-17,19H2,1-5H3/b34-20+/t24-,25+,26-,27-,28?,31-,32+/m0/s1. The summed E-state index contributed by atoms with van der Waals surface area (Å²) in [7, 11) is 0. The Bertz CT molecular complexity index is 1040. The molecule has 6 heteroatoms. The highest BCUT2D eigenvalue weighted by molar-refractivity contribution is 5.91. The number of hydrogen-bond donors (Lipinski definition) is 1. The average Bonchev–Trinajstić information content (AvgIpc) is 3.56. The van der Waals surface area contributed by atoms with E-state index < -0.39 is 0 Å². The van der Waals surface area contributed by atoms with Crippen LogP contribution in [0.4, 0.5) is 4.79 Å². The van der Waals surface area contributed by atoms with Crippen molar-refractivity contribution in [1.82, 2.24) is 10.2 Å². The zero-order valence-corrected chi connectivity index (χ0v) is 24.4.